The van der Waals surface area contributed by atoms with Crippen LogP contribution >= 0.6 is 0 Å². The van der Waals surface area contributed by atoms with Gasteiger partial charge in [-0.3, -0.25) is 0 Å². The summed E-state index contributed by atoms with van der Waals surface area (Å²) in [6.45, 7) is 6.62. The maximum absolute atomic E-state index is 11.8. The van der Waals surface area contributed by atoms with E-state index >= 15 is 0 Å². The number of hydrogen-bond donors (Lipinski definition) is 1. The highest BCUT2D eigenvalue weighted by atomic mass is 16.6. The van der Waals surface area contributed by atoms with Crippen molar-refractivity contribution >= 4 is 17.0 Å². The second kappa shape index (κ2) is 7.55. The fourth-order valence-electron chi connectivity index (χ4n) is 2.91. The summed E-state index contributed by atoms with van der Waals surface area (Å²) < 4.78 is 7.39. The van der Waals surface area contributed by atoms with Gasteiger partial charge >= 0.3 is 6.09 Å². The van der Waals surface area contributed by atoms with Gasteiger partial charge in [-0.15, -0.1) is 0 Å². The summed E-state index contributed by atoms with van der Waals surface area (Å²) in [4.78, 5) is 11.8. The first-order chi connectivity index (χ1) is 12.8. The normalized spacial score (nSPS) is 11.2. The Morgan fingerprint density at radius 3 is 2.67 bits per heavy atom. The van der Waals surface area contributed by atoms with Gasteiger partial charge in [0, 0.05) is 24.8 Å². The fourth-order valence-corrected chi connectivity index (χ4v) is 2.91. The lowest BCUT2D eigenvalue weighted by atomic mass is 10.1. The van der Waals surface area contributed by atoms with Crippen LogP contribution in [0.1, 0.15) is 37.5 Å². The van der Waals surface area contributed by atoms with Gasteiger partial charge in [0.05, 0.1) is 11.6 Å². The zero-order valence-corrected chi connectivity index (χ0v) is 15.8. The van der Waals surface area contributed by atoms with Crippen LogP contribution in [0, 0.1) is 11.3 Å². The lowest BCUT2D eigenvalue weighted by Gasteiger charge is -2.19. The van der Waals surface area contributed by atoms with Gasteiger partial charge in [0.25, 0.3) is 0 Å². The average molecular weight is 361 g/mol. The van der Waals surface area contributed by atoms with Gasteiger partial charge in [-0.25, -0.2) is 4.79 Å². The molecule has 5 nitrogen and oxygen atoms in total. The first-order valence-corrected chi connectivity index (χ1v) is 8.88. The number of aromatic nitrogens is 1. The van der Waals surface area contributed by atoms with E-state index in [0.717, 1.165) is 22.0 Å². The second-order valence-electron chi connectivity index (χ2n) is 7.50. The lowest BCUT2D eigenvalue weighted by molar-refractivity contribution is 0.0523. The van der Waals surface area contributed by atoms with Gasteiger partial charge in [0.2, 0.25) is 0 Å². The molecule has 0 aliphatic rings. The molecule has 0 aliphatic carbocycles. The zero-order chi connectivity index (χ0) is 19.4. The molecule has 0 spiro atoms. The summed E-state index contributed by atoms with van der Waals surface area (Å²) in [7, 11) is 0. The molecular weight excluding hydrogens is 338 g/mol. The van der Waals surface area contributed by atoms with Gasteiger partial charge in [-0.1, -0.05) is 30.3 Å². The molecule has 1 aromatic heterocycles. The lowest BCUT2D eigenvalue weighted by Crippen LogP contribution is -2.32. The molecule has 1 heterocycles. The van der Waals surface area contributed by atoms with E-state index in [-0.39, 0.29) is 0 Å². The van der Waals surface area contributed by atoms with Crippen LogP contribution in [0.3, 0.4) is 0 Å². The molecule has 0 radical (unpaired) electrons. The average Bonchev–Trinajstić information content (AvgIpc) is 3.01. The maximum atomic E-state index is 11.8. The standard InChI is InChI=1S/C22H23N3O2/c1-22(2,3)27-21(26)24-14-17-5-4-6-18(11-17)15-25-10-9-19-8-7-16(13-23)12-20(19)25/h4-12H,14-15H2,1-3H3,(H,24,26). The third-order valence-electron chi connectivity index (χ3n) is 4.08. The molecule has 2 aromatic carbocycles. The van der Waals surface area contributed by atoms with Gasteiger partial charge in [-0.05, 0) is 55.5 Å². The minimum Gasteiger partial charge on any atom is -0.444 e. The predicted molar refractivity (Wildman–Crippen MR) is 105 cm³/mol. The van der Waals surface area contributed by atoms with Gasteiger partial charge in [-0.2, -0.15) is 5.26 Å². The number of ether oxygens (including phenoxy) is 1. The fraction of sp³-hybridized carbons (Fsp3) is 0.273. The van der Waals surface area contributed by atoms with Crippen LogP contribution in [0.15, 0.2) is 54.7 Å². The summed E-state index contributed by atoms with van der Waals surface area (Å²) in [5, 5.41) is 13.0. The molecule has 0 unspecified atom stereocenters. The molecule has 27 heavy (non-hydrogen) atoms. The second-order valence-corrected chi connectivity index (χ2v) is 7.50. The molecule has 1 amide bonds. The quantitative estimate of drug-likeness (QED) is 0.739. The Hall–Kier alpha value is -3.26. The molecule has 0 bridgehead atoms. The summed E-state index contributed by atoms with van der Waals surface area (Å²) in [6, 6.07) is 18.0. The topological polar surface area (TPSA) is 67.0 Å². The van der Waals surface area contributed by atoms with Crippen molar-refractivity contribution in [3.8, 4) is 6.07 Å². The third kappa shape index (κ3) is 4.89. The first kappa shape index (κ1) is 18.5. The summed E-state index contributed by atoms with van der Waals surface area (Å²) >= 11 is 0. The molecule has 0 atom stereocenters. The van der Waals surface area contributed by atoms with Crippen LogP contribution in [-0.4, -0.2) is 16.3 Å². The van der Waals surface area contributed by atoms with Crippen LogP contribution in [0.2, 0.25) is 0 Å². The largest absolute Gasteiger partial charge is 0.444 e. The number of nitriles is 1. The van der Waals surface area contributed by atoms with E-state index in [1.807, 2.05) is 63.4 Å². The summed E-state index contributed by atoms with van der Waals surface area (Å²) in [6.07, 6.45) is 1.60. The molecule has 0 aliphatic heterocycles. The van der Waals surface area contributed by atoms with Crippen LogP contribution in [0.25, 0.3) is 10.9 Å². The van der Waals surface area contributed by atoms with Gasteiger partial charge in [0.15, 0.2) is 0 Å². The van der Waals surface area contributed by atoms with E-state index in [9.17, 15) is 4.79 Å². The number of benzene rings is 2. The Labute approximate surface area is 159 Å². The van der Waals surface area contributed by atoms with E-state index < -0.39 is 11.7 Å². The number of amides is 1. The Morgan fingerprint density at radius 2 is 1.93 bits per heavy atom. The smallest absolute Gasteiger partial charge is 0.407 e. The van der Waals surface area contributed by atoms with Crippen LogP contribution in [0.5, 0.6) is 0 Å². The van der Waals surface area contributed by atoms with Gasteiger partial charge < -0.3 is 14.6 Å². The number of rotatable bonds is 4. The van der Waals surface area contributed by atoms with Crippen LogP contribution in [-0.2, 0) is 17.8 Å². The molecule has 5 heteroatoms. The van der Waals surface area contributed by atoms with E-state index in [0.29, 0.717) is 18.7 Å². The van der Waals surface area contributed by atoms with Crippen molar-refractivity contribution in [1.29, 1.82) is 5.26 Å². The Balaban J connectivity index is 1.71. The first-order valence-electron chi connectivity index (χ1n) is 8.88. The summed E-state index contributed by atoms with van der Waals surface area (Å²) in [5.74, 6) is 0. The molecule has 3 aromatic rings. The highest BCUT2D eigenvalue weighted by molar-refractivity contribution is 5.81. The minimum absolute atomic E-state index is 0.410. The SMILES string of the molecule is CC(C)(C)OC(=O)NCc1cccc(Cn2ccc3ccc(C#N)cc32)c1. The number of carbonyl (C=O) groups is 1. The highest BCUT2D eigenvalue weighted by Gasteiger charge is 2.15. The Kier molecular flexibility index (Phi) is 5.18. The predicted octanol–water partition coefficient (Wildman–Crippen LogP) is 4.59. The molecule has 138 valence electrons. The number of alkyl carbamates (subject to hydrolysis) is 1. The van der Waals surface area contributed by atoms with Crippen molar-refractivity contribution < 1.29 is 9.53 Å². The Bertz CT molecular complexity index is 1010. The van der Waals surface area contributed by atoms with E-state index in [4.69, 9.17) is 10.00 Å². The monoisotopic (exact) mass is 361 g/mol. The van der Waals surface area contributed by atoms with Crippen molar-refractivity contribution in [1.82, 2.24) is 9.88 Å². The van der Waals surface area contributed by atoms with E-state index in [2.05, 4.69) is 28.1 Å². The molecule has 1 N–H and O–H groups in total. The van der Waals surface area contributed by atoms with Crippen molar-refractivity contribution in [2.24, 2.45) is 0 Å². The highest BCUT2D eigenvalue weighted by Crippen LogP contribution is 2.19. The maximum Gasteiger partial charge on any atom is 0.407 e. The molecule has 3 rings (SSSR count). The number of nitrogens with one attached hydrogen (secondary N) is 1. The van der Waals surface area contributed by atoms with Gasteiger partial charge in [0.1, 0.15) is 5.60 Å². The van der Waals surface area contributed by atoms with Crippen molar-refractivity contribution in [3.05, 3.63) is 71.4 Å². The van der Waals surface area contributed by atoms with Crippen molar-refractivity contribution in [3.63, 3.8) is 0 Å². The molecule has 0 saturated heterocycles. The molecular formula is C22H23N3O2. The Morgan fingerprint density at radius 1 is 1.15 bits per heavy atom. The zero-order valence-electron chi connectivity index (χ0n) is 15.8. The van der Waals surface area contributed by atoms with E-state index in [1.54, 1.807) is 0 Å². The van der Waals surface area contributed by atoms with Crippen molar-refractivity contribution in [2.45, 2.75) is 39.5 Å². The number of fused-ring (bicyclic) bond motifs is 1. The summed E-state index contributed by atoms with van der Waals surface area (Å²) in [5.41, 5.74) is 3.30. The van der Waals surface area contributed by atoms with Crippen LogP contribution < -0.4 is 5.32 Å². The van der Waals surface area contributed by atoms with E-state index in [1.165, 1.54) is 0 Å². The molecule has 0 saturated carbocycles. The van der Waals surface area contributed by atoms with Crippen molar-refractivity contribution in [2.75, 3.05) is 0 Å². The minimum atomic E-state index is -0.510. The third-order valence-corrected chi connectivity index (χ3v) is 4.08. The number of hydrogen-bond acceptors (Lipinski definition) is 3. The number of nitrogens with zero attached hydrogens (tertiary/aromatic N) is 2. The molecule has 0 fully saturated rings. The number of carbonyl (C=O) groups excluding carboxylic acids is 1. The van der Waals surface area contributed by atoms with Crippen LogP contribution in [0.4, 0.5) is 4.79 Å².